The van der Waals surface area contributed by atoms with Gasteiger partial charge in [-0.3, -0.25) is 4.79 Å². The smallest absolute Gasteiger partial charge is 0.264 e. The Labute approximate surface area is 139 Å². The minimum atomic E-state index is 0.0310. The van der Waals surface area contributed by atoms with E-state index in [4.69, 9.17) is 4.74 Å². The van der Waals surface area contributed by atoms with Crippen molar-refractivity contribution in [2.45, 2.75) is 32.0 Å². The molecule has 0 aromatic carbocycles. The number of carbonyl (C=O) groups is 1. The van der Waals surface area contributed by atoms with Crippen LogP contribution in [0.15, 0.2) is 29.8 Å². The van der Waals surface area contributed by atoms with Crippen molar-refractivity contribution in [3.63, 3.8) is 0 Å². The lowest BCUT2D eigenvalue weighted by Gasteiger charge is -2.33. The predicted octanol–water partition coefficient (Wildman–Crippen LogP) is 2.84. The van der Waals surface area contributed by atoms with Gasteiger partial charge in [0.25, 0.3) is 5.91 Å². The fraction of sp³-hybridized carbons (Fsp3) is 0.471. The third-order valence-electron chi connectivity index (χ3n) is 4.70. The van der Waals surface area contributed by atoms with Crippen LogP contribution in [-0.2, 0) is 4.74 Å². The van der Waals surface area contributed by atoms with Gasteiger partial charge in [-0.1, -0.05) is 6.07 Å². The zero-order valence-electron chi connectivity index (χ0n) is 13.0. The van der Waals surface area contributed by atoms with E-state index in [0.717, 1.165) is 35.8 Å². The maximum atomic E-state index is 12.5. The van der Waals surface area contributed by atoms with Crippen LogP contribution in [0.25, 0.3) is 0 Å². The van der Waals surface area contributed by atoms with E-state index in [9.17, 15) is 4.79 Å². The van der Waals surface area contributed by atoms with E-state index < -0.39 is 0 Å². The Kier molecular flexibility index (Phi) is 3.87. The zero-order valence-corrected chi connectivity index (χ0v) is 13.8. The van der Waals surface area contributed by atoms with Crippen molar-refractivity contribution in [2.75, 3.05) is 13.1 Å². The molecule has 0 spiro atoms. The lowest BCUT2D eigenvalue weighted by Crippen LogP contribution is -2.45. The van der Waals surface area contributed by atoms with Crippen molar-refractivity contribution in [3.8, 4) is 0 Å². The Morgan fingerprint density at radius 1 is 1.43 bits per heavy atom. The highest BCUT2D eigenvalue weighted by Crippen LogP contribution is 2.40. The summed E-state index contributed by atoms with van der Waals surface area (Å²) in [5.74, 6) is 1.42. The number of hydrogen-bond donors (Lipinski definition) is 0. The number of nitrogens with zero attached hydrogens (tertiary/aromatic N) is 3. The molecule has 23 heavy (non-hydrogen) atoms. The molecular weight excluding hydrogens is 310 g/mol. The molecule has 4 rings (SSSR count). The molecule has 120 valence electrons. The van der Waals surface area contributed by atoms with Crippen LogP contribution in [0.3, 0.4) is 0 Å². The molecule has 2 fully saturated rings. The number of rotatable bonds is 2. The molecular formula is C17H19N3O2S. The summed E-state index contributed by atoms with van der Waals surface area (Å²) in [6, 6.07) is 5.74. The summed E-state index contributed by atoms with van der Waals surface area (Å²) in [5.41, 5.74) is 0.961. The number of aryl methyl sites for hydroxylation is 1. The summed E-state index contributed by atoms with van der Waals surface area (Å²) in [5, 5.41) is 1.94. The van der Waals surface area contributed by atoms with Crippen LogP contribution >= 0.6 is 11.3 Å². The van der Waals surface area contributed by atoms with Crippen LogP contribution in [0.1, 0.15) is 40.1 Å². The first-order valence-electron chi connectivity index (χ1n) is 7.98. The van der Waals surface area contributed by atoms with Gasteiger partial charge in [-0.15, -0.1) is 11.3 Å². The second kappa shape index (κ2) is 6.02. The third kappa shape index (κ3) is 2.88. The summed E-state index contributed by atoms with van der Waals surface area (Å²) in [6.45, 7) is 3.39. The van der Waals surface area contributed by atoms with Gasteiger partial charge < -0.3 is 9.64 Å². The van der Waals surface area contributed by atoms with Gasteiger partial charge in [0.1, 0.15) is 11.9 Å². The standard InChI is InChI=1S/C17H19N3O2S/c1-11-18-6-4-13(19-11)14-9-12-5-7-20(10-15(12)22-14)17(21)16-3-2-8-23-16/h2-4,6,8,12,14-15H,5,7,9-10H2,1H3/t12-,14+,15+/m0/s1. The minimum Gasteiger partial charge on any atom is -0.367 e. The van der Waals surface area contributed by atoms with Crippen LogP contribution in [0.4, 0.5) is 0 Å². The van der Waals surface area contributed by atoms with E-state index >= 15 is 0 Å². The van der Waals surface area contributed by atoms with Crippen LogP contribution < -0.4 is 0 Å². The first-order valence-corrected chi connectivity index (χ1v) is 8.86. The Morgan fingerprint density at radius 3 is 3.13 bits per heavy atom. The first-order chi connectivity index (χ1) is 11.2. The quantitative estimate of drug-likeness (QED) is 0.850. The number of fused-ring (bicyclic) bond motifs is 1. The van der Waals surface area contributed by atoms with Crippen LogP contribution in [0.5, 0.6) is 0 Å². The first kappa shape index (κ1) is 14.8. The summed E-state index contributed by atoms with van der Waals surface area (Å²) < 4.78 is 6.22. The molecule has 0 radical (unpaired) electrons. The molecule has 2 aliphatic heterocycles. The highest BCUT2D eigenvalue weighted by molar-refractivity contribution is 7.12. The van der Waals surface area contributed by atoms with E-state index in [1.807, 2.05) is 35.4 Å². The topological polar surface area (TPSA) is 55.3 Å². The predicted molar refractivity (Wildman–Crippen MR) is 87.3 cm³/mol. The molecule has 4 heterocycles. The van der Waals surface area contributed by atoms with Crippen molar-refractivity contribution in [2.24, 2.45) is 5.92 Å². The van der Waals surface area contributed by atoms with Gasteiger partial charge in [-0.2, -0.15) is 0 Å². The van der Waals surface area contributed by atoms with E-state index in [1.165, 1.54) is 11.3 Å². The van der Waals surface area contributed by atoms with Gasteiger partial charge >= 0.3 is 0 Å². The van der Waals surface area contributed by atoms with Crippen molar-refractivity contribution in [3.05, 3.63) is 46.2 Å². The van der Waals surface area contributed by atoms with Gasteiger partial charge in [0, 0.05) is 19.3 Å². The molecule has 6 heteroatoms. The summed E-state index contributed by atoms with van der Waals surface area (Å²) in [7, 11) is 0. The lowest BCUT2D eigenvalue weighted by molar-refractivity contribution is -0.00555. The van der Waals surface area contributed by atoms with Crippen molar-refractivity contribution < 1.29 is 9.53 Å². The van der Waals surface area contributed by atoms with Gasteiger partial charge in [-0.05, 0) is 43.2 Å². The highest BCUT2D eigenvalue weighted by Gasteiger charge is 2.41. The maximum Gasteiger partial charge on any atom is 0.264 e. The number of aromatic nitrogens is 2. The van der Waals surface area contributed by atoms with Crippen molar-refractivity contribution >= 4 is 17.2 Å². The number of likely N-dealkylation sites (tertiary alicyclic amines) is 1. The molecule has 1 amide bonds. The average molecular weight is 329 g/mol. The molecule has 0 bridgehead atoms. The third-order valence-corrected chi connectivity index (χ3v) is 5.56. The number of amides is 1. The van der Waals surface area contributed by atoms with Gasteiger partial charge in [0.05, 0.1) is 16.7 Å². The normalized spacial score (nSPS) is 27.0. The lowest BCUT2D eigenvalue weighted by atomic mass is 9.91. The van der Waals surface area contributed by atoms with Crippen LogP contribution in [0.2, 0.25) is 0 Å². The van der Waals surface area contributed by atoms with E-state index in [2.05, 4.69) is 9.97 Å². The second-order valence-electron chi connectivity index (χ2n) is 6.20. The van der Waals surface area contributed by atoms with E-state index in [0.29, 0.717) is 12.5 Å². The second-order valence-corrected chi connectivity index (χ2v) is 7.15. The monoisotopic (exact) mass is 329 g/mol. The summed E-state index contributed by atoms with van der Waals surface area (Å²) in [6.07, 6.45) is 3.93. The SMILES string of the molecule is Cc1nccc([C@H]2C[C@@H]3CCN(C(=O)c4cccs4)C[C@H]3O2)n1. The minimum absolute atomic E-state index is 0.0310. The van der Waals surface area contributed by atoms with Crippen LogP contribution in [-0.4, -0.2) is 40.0 Å². The molecule has 5 nitrogen and oxygen atoms in total. The Hall–Kier alpha value is -1.79. The number of thiophene rings is 1. The Bertz CT molecular complexity index is 704. The fourth-order valence-corrected chi connectivity index (χ4v) is 4.21. The summed E-state index contributed by atoms with van der Waals surface area (Å²) in [4.78, 5) is 23.9. The summed E-state index contributed by atoms with van der Waals surface area (Å²) >= 11 is 1.50. The maximum absolute atomic E-state index is 12.5. The van der Waals surface area contributed by atoms with Gasteiger partial charge in [0.2, 0.25) is 0 Å². The van der Waals surface area contributed by atoms with E-state index in [-0.39, 0.29) is 18.1 Å². The van der Waals surface area contributed by atoms with Crippen LogP contribution in [0, 0.1) is 12.8 Å². The highest BCUT2D eigenvalue weighted by atomic mass is 32.1. The fourth-order valence-electron chi connectivity index (χ4n) is 3.52. The molecule has 0 saturated carbocycles. The van der Waals surface area contributed by atoms with E-state index in [1.54, 1.807) is 6.20 Å². The number of ether oxygens (including phenoxy) is 1. The molecule has 2 saturated heterocycles. The molecule has 2 aromatic heterocycles. The number of piperidine rings is 1. The number of carbonyl (C=O) groups excluding carboxylic acids is 1. The molecule has 0 unspecified atom stereocenters. The molecule has 0 aliphatic carbocycles. The van der Waals surface area contributed by atoms with Crippen molar-refractivity contribution in [1.29, 1.82) is 0 Å². The van der Waals surface area contributed by atoms with Gasteiger partial charge in [0.15, 0.2) is 0 Å². The largest absolute Gasteiger partial charge is 0.367 e. The van der Waals surface area contributed by atoms with Crippen molar-refractivity contribution in [1.82, 2.24) is 14.9 Å². The van der Waals surface area contributed by atoms with Gasteiger partial charge in [-0.25, -0.2) is 9.97 Å². The molecule has 2 aromatic rings. The number of hydrogen-bond acceptors (Lipinski definition) is 5. The average Bonchev–Trinajstić information content (AvgIpc) is 3.23. The molecule has 2 aliphatic rings. The molecule has 3 atom stereocenters. The zero-order chi connectivity index (χ0) is 15.8. The Balaban J connectivity index is 1.45. The molecule has 0 N–H and O–H groups in total. The Morgan fingerprint density at radius 2 is 2.35 bits per heavy atom.